The van der Waals surface area contributed by atoms with Crippen LogP contribution >= 0.6 is 0 Å². The SMILES string of the molecule is Cc1cccc(N(CCCC(=O)Nc2cccc([N+](=O)[O-])c2C)S(C)(=O)=O)c1. The number of rotatable bonds is 8. The highest BCUT2D eigenvalue weighted by molar-refractivity contribution is 7.92. The molecule has 150 valence electrons. The lowest BCUT2D eigenvalue weighted by Crippen LogP contribution is -2.31. The summed E-state index contributed by atoms with van der Waals surface area (Å²) in [7, 11) is -3.49. The summed E-state index contributed by atoms with van der Waals surface area (Å²) < 4.78 is 25.5. The molecule has 0 saturated heterocycles. The zero-order valence-corrected chi connectivity index (χ0v) is 16.8. The lowest BCUT2D eigenvalue weighted by Gasteiger charge is -2.22. The van der Waals surface area contributed by atoms with Crippen LogP contribution in [0.2, 0.25) is 0 Å². The molecule has 0 aliphatic rings. The second kappa shape index (κ2) is 8.83. The fourth-order valence-corrected chi connectivity index (χ4v) is 3.78. The van der Waals surface area contributed by atoms with Crippen LogP contribution in [0.1, 0.15) is 24.0 Å². The maximum Gasteiger partial charge on any atom is 0.274 e. The van der Waals surface area contributed by atoms with E-state index in [1.807, 2.05) is 13.0 Å². The molecule has 0 atom stereocenters. The van der Waals surface area contributed by atoms with Gasteiger partial charge in [-0.05, 0) is 44.0 Å². The lowest BCUT2D eigenvalue weighted by molar-refractivity contribution is -0.385. The van der Waals surface area contributed by atoms with Crippen LogP contribution in [-0.2, 0) is 14.8 Å². The monoisotopic (exact) mass is 405 g/mol. The summed E-state index contributed by atoms with van der Waals surface area (Å²) in [6.07, 6.45) is 1.52. The van der Waals surface area contributed by atoms with Crippen molar-refractivity contribution in [1.82, 2.24) is 0 Å². The van der Waals surface area contributed by atoms with Crippen molar-refractivity contribution in [2.75, 3.05) is 22.4 Å². The maximum absolute atomic E-state index is 12.2. The highest BCUT2D eigenvalue weighted by Crippen LogP contribution is 2.25. The van der Waals surface area contributed by atoms with Crippen LogP contribution in [0.15, 0.2) is 42.5 Å². The third kappa shape index (κ3) is 5.53. The summed E-state index contributed by atoms with van der Waals surface area (Å²) in [5.41, 5.74) is 2.17. The molecule has 0 bridgehead atoms. The van der Waals surface area contributed by atoms with Gasteiger partial charge >= 0.3 is 0 Å². The van der Waals surface area contributed by atoms with Crippen molar-refractivity contribution in [1.29, 1.82) is 0 Å². The smallest absolute Gasteiger partial charge is 0.274 e. The van der Waals surface area contributed by atoms with E-state index in [9.17, 15) is 23.3 Å². The number of nitro benzene ring substituents is 1. The first-order valence-corrected chi connectivity index (χ1v) is 10.5. The van der Waals surface area contributed by atoms with Crippen LogP contribution in [0.4, 0.5) is 17.1 Å². The van der Waals surface area contributed by atoms with Gasteiger partial charge in [-0.1, -0.05) is 18.2 Å². The normalized spacial score (nSPS) is 11.1. The third-order valence-corrected chi connectivity index (χ3v) is 5.43. The van der Waals surface area contributed by atoms with Crippen molar-refractivity contribution in [2.45, 2.75) is 26.7 Å². The Hall–Kier alpha value is -2.94. The average molecular weight is 405 g/mol. The van der Waals surface area contributed by atoms with E-state index in [1.165, 1.54) is 16.4 Å². The number of benzene rings is 2. The van der Waals surface area contributed by atoms with Crippen molar-refractivity contribution in [3.63, 3.8) is 0 Å². The molecule has 0 aromatic heterocycles. The van der Waals surface area contributed by atoms with Gasteiger partial charge in [0, 0.05) is 19.0 Å². The van der Waals surface area contributed by atoms with Crippen LogP contribution in [0.3, 0.4) is 0 Å². The van der Waals surface area contributed by atoms with Gasteiger partial charge in [0.05, 0.1) is 28.1 Å². The van der Waals surface area contributed by atoms with Crippen molar-refractivity contribution in [3.8, 4) is 0 Å². The number of nitrogens with one attached hydrogen (secondary N) is 1. The number of anilines is 2. The predicted molar refractivity (Wildman–Crippen MR) is 109 cm³/mol. The zero-order valence-electron chi connectivity index (χ0n) is 16.0. The Kier molecular flexibility index (Phi) is 6.74. The average Bonchev–Trinajstić information content (AvgIpc) is 2.59. The highest BCUT2D eigenvalue weighted by Gasteiger charge is 2.18. The first-order chi connectivity index (χ1) is 13.1. The molecule has 1 amide bonds. The number of amides is 1. The van der Waals surface area contributed by atoms with E-state index in [0.29, 0.717) is 23.4 Å². The maximum atomic E-state index is 12.2. The fraction of sp³-hybridized carbons (Fsp3) is 0.316. The van der Waals surface area contributed by atoms with E-state index < -0.39 is 14.9 Å². The van der Waals surface area contributed by atoms with Crippen molar-refractivity contribution < 1.29 is 18.1 Å². The van der Waals surface area contributed by atoms with Gasteiger partial charge in [0.15, 0.2) is 0 Å². The number of carbonyl (C=O) groups excluding carboxylic acids is 1. The molecule has 28 heavy (non-hydrogen) atoms. The molecule has 9 heteroatoms. The van der Waals surface area contributed by atoms with Crippen molar-refractivity contribution in [3.05, 3.63) is 63.7 Å². The third-order valence-electron chi connectivity index (χ3n) is 4.23. The Labute approximate surface area is 164 Å². The summed E-state index contributed by atoms with van der Waals surface area (Å²) in [5.74, 6) is -0.332. The summed E-state index contributed by atoms with van der Waals surface area (Å²) in [5, 5.41) is 13.6. The van der Waals surface area contributed by atoms with Crippen LogP contribution in [0, 0.1) is 24.0 Å². The Morgan fingerprint density at radius 2 is 1.86 bits per heavy atom. The molecule has 2 rings (SSSR count). The Morgan fingerprint density at radius 3 is 2.46 bits per heavy atom. The molecule has 0 aliphatic heterocycles. The molecule has 2 aromatic carbocycles. The number of aryl methyl sites for hydroxylation is 1. The molecule has 2 aromatic rings. The Balaban J connectivity index is 2.02. The summed E-state index contributed by atoms with van der Waals surface area (Å²) >= 11 is 0. The molecule has 0 spiro atoms. The summed E-state index contributed by atoms with van der Waals surface area (Å²) in [6.45, 7) is 3.60. The van der Waals surface area contributed by atoms with Gasteiger partial charge in [-0.2, -0.15) is 0 Å². The Morgan fingerprint density at radius 1 is 1.18 bits per heavy atom. The number of sulfonamides is 1. The molecule has 0 saturated carbocycles. The van der Waals surface area contributed by atoms with Crippen molar-refractivity contribution in [2.24, 2.45) is 0 Å². The minimum absolute atomic E-state index is 0.0690. The largest absolute Gasteiger partial charge is 0.326 e. The van der Waals surface area contributed by atoms with Crippen molar-refractivity contribution >= 4 is 33.0 Å². The number of nitrogens with zero attached hydrogens (tertiary/aromatic N) is 2. The van der Waals surface area contributed by atoms with Crippen LogP contribution in [0.25, 0.3) is 0 Å². The van der Waals surface area contributed by atoms with E-state index >= 15 is 0 Å². The van der Waals surface area contributed by atoms with Gasteiger partial charge in [-0.3, -0.25) is 19.2 Å². The Bertz CT molecular complexity index is 989. The molecule has 1 N–H and O–H groups in total. The zero-order chi connectivity index (χ0) is 20.9. The minimum atomic E-state index is -3.49. The first kappa shape index (κ1) is 21.4. The van der Waals surface area contributed by atoms with Gasteiger partial charge in [0.2, 0.25) is 15.9 Å². The van der Waals surface area contributed by atoms with Gasteiger partial charge in [0.1, 0.15) is 0 Å². The lowest BCUT2D eigenvalue weighted by atomic mass is 10.1. The standard InChI is InChI=1S/C19H23N3O5S/c1-14-7-4-8-16(13-14)21(28(3,26)27)12-6-11-19(23)20-17-9-5-10-18(15(17)2)22(24)25/h4-5,7-10,13H,6,11-12H2,1-3H3,(H,20,23). The topological polar surface area (TPSA) is 110 Å². The molecular weight excluding hydrogens is 382 g/mol. The summed E-state index contributed by atoms with van der Waals surface area (Å²) in [6, 6.07) is 11.6. The van der Waals surface area contributed by atoms with Gasteiger partial charge in [0.25, 0.3) is 5.69 Å². The highest BCUT2D eigenvalue weighted by atomic mass is 32.2. The second-order valence-electron chi connectivity index (χ2n) is 6.53. The molecule has 0 aliphatic carbocycles. The second-order valence-corrected chi connectivity index (χ2v) is 8.44. The van der Waals surface area contributed by atoms with Gasteiger partial charge < -0.3 is 5.32 Å². The van der Waals surface area contributed by atoms with Crippen LogP contribution in [-0.4, -0.2) is 32.0 Å². The van der Waals surface area contributed by atoms with E-state index in [1.54, 1.807) is 31.2 Å². The summed E-state index contributed by atoms with van der Waals surface area (Å²) in [4.78, 5) is 22.7. The minimum Gasteiger partial charge on any atom is -0.326 e. The number of nitro groups is 1. The molecule has 8 nitrogen and oxygen atoms in total. The van der Waals surface area contributed by atoms with Gasteiger partial charge in [-0.25, -0.2) is 8.42 Å². The molecular formula is C19H23N3O5S. The van der Waals surface area contributed by atoms with Crippen LogP contribution < -0.4 is 9.62 Å². The van der Waals surface area contributed by atoms with E-state index in [-0.39, 0.29) is 24.6 Å². The van der Waals surface area contributed by atoms with E-state index in [4.69, 9.17) is 0 Å². The number of carbonyl (C=O) groups is 1. The number of hydrogen-bond acceptors (Lipinski definition) is 5. The molecule has 0 fully saturated rings. The first-order valence-electron chi connectivity index (χ1n) is 8.68. The molecule has 0 heterocycles. The number of hydrogen-bond donors (Lipinski definition) is 1. The van der Waals surface area contributed by atoms with E-state index in [0.717, 1.165) is 11.8 Å². The van der Waals surface area contributed by atoms with Gasteiger partial charge in [-0.15, -0.1) is 0 Å². The fourth-order valence-electron chi connectivity index (χ4n) is 2.82. The molecule has 0 unspecified atom stereocenters. The predicted octanol–water partition coefficient (Wildman–Crippen LogP) is 3.40. The van der Waals surface area contributed by atoms with Crippen LogP contribution in [0.5, 0.6) is 0 Å². The quantitative estimate of drug-likeness (QED) is 0.535. The molecule has 0 radical (unpaired) electrons. The van der Waals surface area contributed by atoms with E-state index in [2.05, 4.69) is 5.32 Å².